The van der Waals surface area contributed by atoms with Crippen molar-refractivity contribution in [1.29, 1.82) is 5.26 Å². The van der Waals surface area contributed by atoms with E-state index in [0.717, 1.165) is 18.5 Å². The molecule has 1 N–H and O–H groups in total. The van der Waals surface area contributed by atoms with Crippen LogP contribution in [0, 0.1) is 17.1 Å². The predicted octanol–water partition coefficient (Wildman–Crippen LogP) is 1.97. The van der Waals surface area contributed by atoms with Crippen molar-refractivity contribution in [1.82, 2.24) is 5.32 Å². The third-order valence-corrected chi connectivity index (χ3v) is 2.90. The van der Waals surface area contributed by atoms with E-state index < -0.39 is 5.82 Å². The van der Waals surface area contributed by atoms with Gasteiger partial charge in [-0.1, -0.05) is 6.07 Å². The molecule has 1 heterocycles. The highest BCUT2D eigenvalue weighted by Gasteiger charge is 2.13. The van der Waals surface area contributed by atoms with Crippen LogP contribution in [0.4, 0.5) is 4.39 Å². The zero-order valence-electron chi connectivity index (χ0n) is 9.58. The van der Waals surface area contributed by atoms with E-state index in [9.17, 15) is 4.39 Å². The molecule has 1 fully saturated rings. The Bertz CT molecular complexity index is 422. The highest BCUT2D eigenvalue weighted by molar-refractivity contribution is 5.34. The summed E-state index contributed by atoms with van der Waals surface area (Å²) >= 11 is 0. The van der Waals surface area contributed by atoms with Crippen LogP contribution in [0.15, 0.2) is 18.2 Å². The maximum Gasteiger partial charge on any atom is 0.140 e. The number of hydrogen-bond acceptors (Lipinski definition) is 3. The Hall–Kier alpha value is -1.44. The van der Waals surface area contributed by atoms with Gasteiger partial charge in [-0.2, -0.15) is 5.26 Å². The number of nitrogens with zero attached hydrogens (tertiary/aromatic N) is 1. The summed E-state index contributed by atoms with van der Waals surface area (Å²) in [5, 5.41) is 12.0. The molecule has 0 bridgehead atoms. The number of hydrogen-bond donors (Lipinski definition) is 1. The number of halogens is 1. The van der Waals surface area contributed by atoms with Gasteiger partial charge in [-0.3, -0.25) is 0 Å². The fourth-order valence-electron chi connectivity index (χ4n) is 1.97. The third-order valence-electron chi connectivity index (χ3n) is 2.90. The molecule has 2 rings (SSSR count). The van der Waals surface area contributed by atoms with Gasteiger partial charge in [-0.25, -0.2) is 4.39 Å². The van der Waals surface area contributed by atoms with E-state index in [1.54, 1.807) is 6.07 Å². The molecule has 1 atom stereocenters. The molecule has 90 valence electrons. The molecule has 1 aromatic carbocycles. The van der Waals surface area contributed by atoms with Crippen LogP contribution in [0.2, 0.25) is 0 Å². The first-order chi connectivity index (χ1) is 8.29. The molecule has 0 spiro atoms. The number of nitriles is 1. The Morgan fingerprint density at radius 1 is 1.53 bits per heavy atom. The van der Waals surface area contributed by atoms with E-state index in [1.807, 2.05) is 6.07 Å². The Balaban J connectivity index is 1.84. The van der Waals surface area contributed by atoms with E-state index in [0.29, 0.717) is 19.3 Å². The highest BCUT2D eigenvalue weighted by Crippen LogP contribution is 2.11. The minimum absolute atomic E-state index is 0.0742. The fourth-order valence-corrected chi connectivity index (χ4v) is 1.97. The molecule has 0 saturated carbocycles. The molecular formula is C13H15FN2O. The van der Waals surface area contributed by atoms with Crippen LogP contribution in [0.3, 0.4) is 0 Å². The number of benzene rings is 1. The van der Waals surface area contributed by atoms with E-state index in [2.05, 4.69) is 5.32 Å². The summed E-state index contributed by atoms with van der Waals surface area (Å²) in [7, 11) is 0. The van der Waals surface area contributed by atoms with Crippen molar-refractivity contribution in [3.8, 4) is 6.07 Å². The van der Waals surface area contributed by atoms with Gasteiger partial charge in [0.1, 0.15) is 11.9 Å². The SMILES string of the molecule is N#Cc1cc(COCC2CCCN2)ccc1F. The Labute approximate surface area is 100 Å². The summed E-state index contributed by atoms with van der Waals surface area (Å²) in [5.74, 6) is -0.478. The van der Waals surface area contributed by atoms with Gasteiger partial charge in [0.15, 0.2) is 0 Å². The Morgan fingerprint density at radius 3 is 3.12 bits per heavy atom. The Kier molecular flexibility index (Phi) is 4.08. The smallest absolute Gasteiger partial charge is 0.140 e. The predicted molar refractivity (Wildman–Crippen MR) is 61.8 cm³/mol. The molecule has 0 aliphatic carbocycles. The monoisotopic (exact) mass is 234 g/mol. The molecule has 0 amide bonds. The summed E-state index contributed by atoms with van der Waals surface area (Å²) in [6, 6.07) is 6.76. The summed E-state index contributed by atoms with van der Waals surface area (Å²) in [6.45, 7) is 2.15. The molecule has 1 aliphatic rings. The summed E-state index contributed by atoms with van der Waals surface area (Å²) in [4.78, 5) is 0. The molecule has 1 aliphatic heterocycles. The standard InChI is InChI=1S/C13H15FN2O/c14-13-4-3-10(6-11(13)7-15)8-17-9-12-2-1-5-16-12/h3-4,6,12,16H,1-2,5,8-9H2. The second-order valence-electron chi connectivity index (χ2n) is 4.23. The first-order valence-corrected chi connectivity index (χ1v) is 5.79. The number of nitrogens with one attached hydrogen (secondary N) is 1. The molecule has 1 aromatic rings. The van der Waals surface area contributed by atoms with Gasteiger partial charge in [0, 0.05) is 6.04 Å². The minimum Gasteiger partial charge on any atom is -0.375 e. The molecule has 3 nitrogen and oxygen atoms in total. The fraction of sp³-hybridized carbons (Fsp3) is 0.462. The first kappa shape index (κ1) is 12.0. The highest BCUT2D eigenvalue weighted by atomic mass is 19.1. The average Bonchev–Trinajstić information content (AvgIpc) is 2.84. The number of rotatable bonds is 4. The maximum absolute atomic E-state index is 13.1. The minimum atomic E-state index is -0.478. The summed E-state index contributed by atoms with van der Waals surface area (Å²) in [6.07, 6.45) is 2.34. The van der Waals surface area contributed by atoms with E-state index >= 15 is 0 Å². The van der Waals surface area contributed by atoms with Crippen LogP contribution in [0.25, 0.3) is 0 Å². The normalized spacial score (nSPS) is 19.2. The Morgan fingerprint density at radius 2 is 2.41 bits per heavy atom. The second kappa shape index (κ2) is 5.76. The maximum atomic E-state index is 13.1. The van der Waals surface area contributed by atoms with Crippen molar-refractivity contribution >= 4 is 0 Å². The number of ether oxygens (including phenoxy) is 1. The van der Waals surface area contributed by atoms with Gasteiger partial charge in [0.05, 0.1) is 18.8 Å². The van der Waals surface area contributed by atoms with Crippen LogP contribution in [0.1, 0.15) is 24.0 Å². The molecule has 17 heavy (non-hydrogen) atoms. The molecule has 1 saturated heterocycles. The molecule has 0 aromatic heterocycles. The van der Waals surface area contributed by atoms with Crippen molar-refractivity contribution in [2.24, 2.45) is 0 Å². The third kappa shape index (κ3) is 3.26. The average molecular weight is 234 g/mol. The van der Waals surface area contributed by atoms with Crippen molar-refractivity contribution < 1.29 is 9.13 Å². The molecule has 1 unspecified atom stereocenters. The lowest BCUT2D eigenvalue weighted by Crippen LogP contribution is -2.26. The summed E-state index contributed by atoms with van der Waals surface area (Å²) in [5.41, 5.74) is 0.908. The van der Waals surface area contributed by atoms with Gasteiger partial charge >= 0.3 is 0 Å². The van der Waals surface area contributed by atoms with E-state index in [-0.39, 0.29) is 5.56 Å². The van der Waals surface area contributed by atoms with Crippen LogP contribution in [0.5, 0.6) is 0 Å². The van der Waals surface area contributed by atoms with Crippen molar-refractivity contribution in [3.05, 3.63) is 35.1 Å². The van der Waals surface area contributed by atoms with Gasteiger partial charge < -0.3 is 10.1 Å². The zero-order chi connectivity index (χ0) is 12.1. The van der Waals surface area contributed by atoms with Crippen molar-refractivity contribution in [3.63, 3.8) is 0 Å². The molecule has 4 heteroatoms. The van der Waals surface area contributed by atoms with Crippen LogP contribution >= 0.6 is 0 Å². The van der Waals surface area contributed by atoms with Crippen LogP contribution in [-0.2, 0) is 11.3 Å². The largest absolute Gasteiger partial charge is 0.375 e. The van der Waals surface area contributed by atoms with Gasteiger partial charge in [0.2, 0.25) is 0 Å². The zero-order valence-corrected chi connectivity index (χ0v) is 9.58. The second-order valence-corrected chi connectivity index (χ2v) is 4.23. The lowest BCUT2D eigenvalue weighted by molar-refractivity contribution is 0.103. The van der Waals surface area contributed by atoms with E-state index in [4.69, 9.17) is 10.00 Å². The van der Waals surface area contributed by atoms with Gasteiger partial charge in [-0.15, -0.1) is 0 Å². The van der Waals surface area contributed by atoms with Gasteiger partial charge in [-0.05, 0) is 37.1 Å². The molecular weight excluding hydrogens is 219 g/mol. The van der Waals surface area contributed by atoms with Crippen molar-refractivity contribution in [2.45, 2.75) is 25.5 Å². The topological polar surface area (TPSA) is 45.0 Å². The lowest BCUT2D eigenvalue weighted by atomic mass is 10.1. The van der Waals surface area contributed by atoms with Gasteiger partial charge in [0.25, 0.3) is 0 Å². The molecule has 0 radical (unpaired) electrons. The summed E-state index contributed by atoms with van der Waals surface area (Å²) < 4.78 is 18.6. The van der Waals surface area contributed by atoms with Crippen molar-refractivity contribution in [2.75, 3.05) is 13.2 Å². The van der Waals surface area contributed by atoms with Crippen LogP contribution < -0.4 is 5.32 Å². The lowest BCUT2D eigenvalue weighted by Gasteiger charge is -2.10. The van der Waals surface area contributed by atoms with E-state index in [1.165, 1.54) is 18.6 Å². The quantitative estimate of drug-likeness (QED) is 0.866. The first-order valence-electron chi connectivity index (χ1n) is 5.79. The van der Waals surface area contributed by atoms with Crippen LogP contribution in [-0.4, -0.2) is 19.2 Å².